The third kappa shape index (κ3) is 5.21. The molecule has 3 aromatic rings. The number of hydrogen-bond acceptors (Lipinski definition) is 7. The molecule has 2 aromatic heterocycles. The van der Waals surface area contributed by atoms with Crippen LogP contribution < -0.4 is 0 Å². The molecule has 1 aliphatic heterocycles. The molecule has 1 saturated heterocycles. The fourth-order valence-electron chi connectivity index (χ4n) is 3.59. The quantitative estimate of drug-likeness (QED) is 0.492. The summed E-state index contributed by atoms with van der Waals surface area (Å²) in [5.41, 5.74) is 2.59. The fraction of sp³-hybridized carbons (Fsp3) is 0.391. The minimum Gasteiger partial charge on any atom is -0.394 e. The highest BCUT2D eigenvalue weighted by Crippen LogP contribution is 2.22. The number of imidazole rings is 1. The Hall–Kier alpha value is -2.96. The Morgan fingerprint density at radius 3 is 2.71 bits per heavy atom. The highest BCUT2D eigenvalue weighted by molar-refractivity contribution is 5.59. The van der Waals surface area contributed by atoms with E-state index in [0.717, 1.165) is 29.9 Å². The molecule has 0 amide bonds. The molecular formula is C23H26N4O4. The Bertz CT molecular complexity index is 1060. The Balaban J connectivity index is 1.34. The van der Waals surface area contributed by atoms with Gasteiger partial charge in [0.15, 0.2) is 5.76 Å². The van der Waals surface area contributed by atoms with Crippen molar-refractivity contribution in [2.45, 2.75) is 25.7 Å². The molecule has 3 heterocycles. The highest BCUT2D eigenvalue weighted by atomic mass is 16.5. The molecule has 4 rings (SSSR count). The van der Waals surface area contributed by atoms with Crippen molar-refractivity contribution in [3.05, 3.63) is 59.8 Å². The third-order valence-corrected chi connectivity index (χ3v) is 5.24. The summed E-state index contributed by atoms with van der Waals surface area (Å²) in [6.45, 7) is 4.07. The third-order valence-electron chi connectivity index (χ3n) is 5.24. The van der Waals surface area contributed by atoms with E-state index in [1.807, 2.05) is 34.9 Å². The number of benzene rings is 1. The second kappa shape index (κ2) is 9.45. The summed E-state index contributed by atoms with van der Waals surface area (Å²) in [5.74, 6) is 8.00. The Kier molecular flexibility index (Phi) is 6.49. The van der Waals surface area contributed by atoms with Gasteiger partial charge in [-0.2, -0.15) is 0 Å². The molecule has 2 unspecified atom stereocenters. The van der Waals surface area contributed by atoms with Gasteiger partial charge in [0.05, 0.1) is 19.3 Å². The zero-order valence-corrected chi connectivity index (χ0v) is 17.3. The van der Waals surface area contributed by atoms with Crippen molar-refractivity contribution in [1.82, 2.24) is 19.6 Å². The van der Waals surface area contributed by atoms with Gasteiger partial charge in [0, 0.05) is 55.1 Å². The highest BCUT2D eigenvalue weighted by Gasteiger charge is 2.26. The monoisotopic (exact) mass is 422 g/mol. The molecule has 8 nitrogen and oxygen atoms in total. The normalized spacial score (nSPS) is 16.4. The average Bonchev–Trinajstić information content (AvgIpc) is 3.40. The van der Waals surface area contributed by atoms with E-state index in [1.165, 1.54) is 0 Å². The SMILES string of the molecule is CC(O)c1nccn1Cc1cc(-c2ccc(C#CC3CN(CC(O)CO)C3)cc2)on1. The first-order chi connectivity index (χ1) is 15.0. The van der Waals surface area contributed by atoms with Crippen LogP contribution in [0.3, 0.4) is 0 Å². The van der Waals surface area contributed by atoms with Crippen molar-refractivity contribution in [2.75, 3.05) is 26.2 Å². The molecule has 0 spiro atoms. The van der Waals surface area contributed by atoms with Crippen molar-refractivity contribution in [3.8, 4) is 23.2 Å². The van der Waals surface area contributed by atoms with Gasteiger partial charge in [-0.05, 0) is 31.2 Å². The Labute approximate surface area is 180 Å². The summed E-state index contributed by atoms with van der Waals surface area (Å²) >= 11 is 0. The molecule has 0 aliphatic carbocycles. The number of aliphatic hydroxyl groups excluding tert-OH is 3. The minimum absolute atomic E-state index is 0.210. The van der Waals surface area contributed by atoms with Crippen molar-refractivity contribution in [3.63, 3.8) is 0 Å². The molecule has 0 saturated carbocycles. The van der Waals surface area contributed by atoms with E-state index < -0.39 is 12.2 Å². The lowest BCUT2D eigenvalue weighted by atomic mass is 9.99. The van der Waals surface area contributed by atoms with Crippen molar-refractivity contribution in [2.24, 2.45) is 5.92 Å². The van der Waals surface area contributed by atoms with E-state index in [4.69, 9.17) is 9.63 Å². The summed E-state index contributed by atoms with van der Waals surface area (Å²) in [6, 6.07) is 9.71. The molecule has 1 fully saturated rings. The fourth-order valence-corrected chi connectivity index (χ4v) is 3.59. The van der Waals surface area contributed by atoms with Crippen LogP contribution in [0.15, 0.2) is 47.2 Å². The molecule has 162 valence electrons. The summed E-state index contributed by atoms with van der Waals surface area (Å²) < 4.78 is 7.34. The molecule has 2 atom stereocenters. The van der Waals surface area contributed by atoms with Crippen molar-refractivity contribution in [1.29, 1.82) is 0 Å². The molecular weight excluding hydrogens is 396 g/mol. The predicted molar refractivity (Wildman–Crippen MR) is 114 cm³/mol. The maximum absolute atomic E-state index is 9.78. The largest absolute Gasteiger partial charge is 0.394 e. The van der Waals surface area contributed by atoms with Crippen LogP contribution in [-0.2, 0) is 6.54 Å². The predicted octanol–water partition coefficient (Wildman–Crippen LogP) is 1.28. The molecule has 31 heavy (non-hydrogen) atoms. The number of nitrogens with zero attached hydrogens (tertiary/aromatic N) is 4. The number of aromatic nitrogens is 3. The van der Waals surface area contributed by atoms with Gasteiger partial charge in [0.25, 0.3) is 0 Å². The molecule has 1 aromatic carbocycles. The van der Waals surface area contributed by atoms with Crippen molar-refractivity contribution >= 4 is 0 Å². The van der Waals surface area contributed by atoms with Gasteiger partial charge in [-0.15, -0.1) is 0 Å². The average molecular weight is 422 g/mol. The number of β-amino-alcohol motifs (C(OH)–C–C–N with tert-alkyl or cyclic N) is 1. The van der Waals surface area contributed by atoms with Crippen LogP contribution >= 0.6 is 0 Å². The molecule has 3 N–H and O–H groups in total. The van der Waals surface area contributed by atoms with Gasteiger partial charge in [0.2, 0.25) is 0 Å². The lowest BCUT2D eigenvalue weighted by molar-refractivity contribution is 0.0269. The van der Waals surface area contributed by atoms with E-state index in [0.29, 0.717) is 24.7 Å². The molecule has 8 heteroatoms. The van der Waals surface area contributed by atoms with E-state index in [-0.39, 0.29) is 12.5 Å². The summed E-state index contributed by atoms with van der Waals surface area (Å²) in [5, 5.41) is 32.2. The zero-order valence-electron chi connectivity index (χ0n) is 17.3. The lowest BCUT2D eigenvalue weighted by Gasteiger charge is -2.37. The van der Waals surface area contributed by atoms with Crippen LogP contribution in [0.25, 0.3) is 11.3 Å². The first-order valence-corrected chi connectivity index (χ1v) is 10.3. The van der Waals surface area contributed by atoms with Crippen LogP contribution in [0.5, 0.6) is 0 Å². The standard InChI is InChI=1S/C23H26N4O4/c1-16(29)23-24-8-9-27(23)13-20-10-22(31-25-20)19-6-4-17(5-7-19)2-3-18-11-26(12-18)14-21(30)15-28/h4-10,16,18,21,28-30H,11-15H2,1H3. The van der Waals surface area contributed by atoms with E-state index >= 15 is 0 Å². The van der Waals surface area contributed by atoms with Crippen LogP contribution in [0, 0.1) is 17.8 Å². The van der Waals surface area contributed by atoms with Gasteiger partial charge >= 0.3 is 0 Å². The number of aliphatic hydroxyl groups is 3. The van der Waals surface area contributed by atoms with Crippen molar-refractivity contribution < 1.29 is 19.8 Å². The number of rotatable bonds is 7. The second-order valence-electron chi connectivity index (χ2n) is 7.87. The summed E-state index contributed by atoms with van der Waals surface area (Å²) in [7, 11) is 0. The maximum atomic E-state index is 9.78. The van der Waals surface area contributed by atoms with Gasteiger partial charge < -0.3 is 24.4 Å². The van der Waals surface area contributed by atoms with Gasteiger partial charge in [-0.25, -0.2) is 4.98 Å². The smallest absolute Gasteiger partial charge is 0.167 e. The van der Waals surface area contributed by atoms with Crippen LogP contribution in [-0.4, -0.2) is 67.3 Å². The Morgan fingerprint density at radius 2 is 2.00 bits per heavy atom. The lowest BCUT2D eigenvalue weighted by Crippen LogP contribution is -2.49. The van der Waals surface area contributed by atoms with E-state index in [2.05, 4.69) is 26.9 Å². The first kappa shape index (κ1) is 21.3. The Morgan fingerprint density at radius 1 is 1.23 bits per heavy atom. The zero-order chi connectivity index (χ0) is 21.8. The molecule has 0 radical (unpaired) electrons. The van der Waals surface area contributed by atoms with Crippen LogP contribution in [0.2, 0.25) is 0 Å². The van der Waals surface area contributed by atoms with Gasteiger partial charge in [-0.1, -0.05) is 17.0 Å². The number of hydrogen-bond donors (Lipinski definition) is 3. The first-order valence-electron chi connectivity index (χ1n) is 10.3. The van der Waals surface area contributed by atoms with E-state index in [1.54, 1.807) is 19.3 Å². The van der Waals surface area contributed by atoms with Crippen LogP contribution in [0.4, 0.5) is 0 Å². The van der Waals surface area contributed by atoms with E-state index in [9.17, 15) is 10.2 Å². The maximum Gasteiger partial charge on any atom is 0.167 e. The number of likely N-dealkylation sites (tertiary alicyclic amines) is 1. The summed E-state index contributed by atoms with van der Waals surface area (Å²) in [4.78, 5) is 6.25. The van der Waals surface area contributed by atoms with Crippen LogP contribution in [0.1, 0.15) is 30.1 Å². The second-order valence-corrected chi connectivity index (χ2v) is 7.87. The molecule has 1 aliphatic rings. The minimum atomic E-state index is -0.682. The molecule has 0 bridgehead atoms. The topological polar surface area (TPSA) is 108 Å². The van der Waals surface area contributed by atoms with Gasteiger partial charge in [0.1, 0.15) is 17.6 Å². The summed E-state index contributed by atoms with van der Waals surface area (Å²) in [6.07, 6.45) is 2.13. The van der Waals surface area contributed by atoms with Gasteiger partial charge in [-0.3, -0.25) is 4.90 Å².